The van der Waals surface area contributed by atoms with Crippen molar-refractivity contribution >= 4 is 54.4 Å². The molecule has 172 valence electrons. The molecule has 34 heavy (non-hydrogen) atoms. The third kappa shape index (κ3) is 2.84. The van der Waals surface area contributed by atoms with Crippen LogP contribution in [0.2, 0.25) is 0 Å². The van der Waals surface area contributed by atoms with Crippen LogP contribution in [0.25, 0.3) is 54.4 Å². The first-order chi connectivity index (χ1) is 15.9. The van der Waals surface area contributed by atoms with Gasteiger partial charge in [0, 0.05) is 57.7 Å². The number of hydrogen-bond acceptors (Lipinski definition) is 0. The van der Waals surface area contributed by atoms with Gasteiger partial charge in [0.2, 0.25) is 0 Å². The zero-order valence-corrected chi connectivity index (χ0v) is 17.9. The summed E-state index contributed by atoms with van der Waals surface area (Å²) in [6.45, 7) is 0. The lowest BCUT2D eigenvalue weighted by Gasteiger charge is -2.07. The average Bonchev–Trinajstić information content (AvgIpc) is 3.20. The Morgan fingerprint density at radius 3 is 1.18 bits per heavy atom. The molecule has 2 nitrogen and oxygen atoms in total. The highest BCUT2D eigenvalue weighted by atomic mass is 19.4. The molecule has 6 aromatic rings. The zero-order chi connectivity index (χ0) is 24.2. The molecule has 2 aromatic heterocycles. The van der Waals surface area contributed by atoms with Crippen LogP contribution in [0.15, 0.2) is 60.7 Å². The van der Waals surface area contributed by atoms with Crippen LogP contribution in [0.5, 0.6) is 0 Å². The Morgan fingerprint density at radius 1 is 0.471 bits per heavy atom. The van der Waals surface area contributed by atoms with Crippen LogP contribution >= 0.6 is 0 Å². The van der Waals surface area contributed by atoms with Crippen molar-refractivity contribution in [2.45, 2.75) is 12.4 Å². The average molecular weight is 470 g/mol. The highest BCUT2D eigenvalue weighted by Gasteiger charge is 2.32. The first-order valence-electron chi connectivity index (χ1n) is 10.5. The molecule has 0 unspecified atom stereocenters. The van der Waals surface area contributed by atoms with Crippen molar-refractivity contribution in [3.63, 3.8) is 0 Å². The molecule has 6 rings (SSSR count). The van der Waals surface area contributed by atoms with E-state index in [1.54, 1.807) is 23.2 Å². The normalized spacial score (nSPS) is 13.3. The molecular weight excluding hydrogens is 454 g/mol. The van der Waals surface area contributed by atoms with Gasteiger partial charge in [-0.25, -0.2) is 0 Å². The predicted octanol–water partition coefficient (Wildman–Crippen LogP) is 8.17. The fourth-order valence-corrected chi connectivity index (χ4v) is 5.00. The number of nitrogens with zero attached hydrogens (tertiary/aromatic N) is 2. The molecule has 0 atom stereocenters. The fraction of sp³-hybridized carbons (Fsp3) is 0.154. The largest absolute Gasteiger partial charge is 0.416 e. The lowest BCUT2D eigenvalue weighted by Crippen LogP contribution is -2.04. The highest BCUT2D eigenvalue weighted by molar-refractivity contribution is 6.17. The minimum Gasteiger partial charge on any atom is -0.344 e. The van der Waals surface area contributed by atoms with E-state index < -0.39 is 23.5 Å². The Balaban J connectivity index is 1.66. The number of alkyl halides is 6. The molecule has 0 aliphatic carbocycles. The minimum atomic E-state index is -4.43. The lowest BCUT2D eigenvalue weighted by molar-refractivity contribution is -0.138. The van der Waals surface area contributed by atoms with E-state index in [1.807, 2.05) is 24.3 Å². The van der Waals surface area contributed by atoms with Crippen molar-refractivity contribution in [1.82, 2.24) is 9.13 Å². The van der Waals surface area contributed by atoms with Gasteiger partial charge >= 0.3 is 12.4 Å². The molecule has 0 N–H and O–H groups in total. The molecule has 0 bridgehead atoms. The van der Waals surface area contributed by atoms with E-state index in [-0.39, 0.29) is 0 Å². The second kappa shape index (κ2) is 6.46. The summed E-state index contributed by atoms with van der Waals surface area (Å²) in [7, 11) is 3.46. The van der Waals surface area contributed by atoms with E-state index in [4.69, 9.17) is 0 Å². The topological polar surface area (TPSA) is 9.86 Å². The number of aromatic nitrogens is 2. The third-order valence-electron chi connectivity index (χ3n) is 6.75. The summed E-state index contributed by atoms with van der Waals surface area (Å²) in [6, 6.07) is 15.1. The van der Waals surface area contributed by atoms with E-state index in [1.165, 1.54) is 12.1 Å². The summed E-state index contributed by atoms with van der Waals surface area (Å²) in [4.78, 5) is 0. The summed E-state index contributed by atoms with van der Waals surface area (Å²) in [6.07, 6.45) is -8.86. The van der Waals surface area contributed by atoms with Crippen LogP contribution < -0.4 is 0 Å². The molecule has 0 saturated heterocycles. The maximum absolute atomic E-state index is 13.2. The van der Waals surface area contributed by atoms with Gasteiger partial charge in [-0.05, 0) is 59.3 Å². The number of aryl methyl sites for hydroxylation is 2. The molecule has 0 fully saturated rings. The number of rotatable bonds is 0. The fourth-order valence-electron chi connectivity index (χ4n) is 5.00. The Morgan fingerprint density at radius 2 is 0.824 bits per heavy atom. The molecule has 0 aliphatic rings. The van der Waals surface area contributed by atoms with E-state index in [0.717, 1.165) is 56.8 Å². The zero-order valence-electron chi connectivity index (χ0n) is 17.9. The van der Waals surface area contributed by atoms with Crippen LogP contribution in [0, 0.1) is 0 Å². The standard InChI is InChI=1S/C26H16F6N2/c1-33-21-9-13-8-20-18-6-4-16(26(30,31)32)12-24(18)34(2)22(20)10-14(13)7-19(21)17-5-3-15(11-23(17)33)25(27,28)29/h3-12H,1-2H3. The van der Waals surface area contributed by atoms with Crippen LogP contribution in [0.3, 0.4) is 0 Å². The smallest absolute Gasteiger partial charge is 0.344 e. The molecule has 0 aliphatic heterocycles. The van der Waals surface area contributed by atoms with Crippen LogP contribution in [-0.4, -0.2) is 9.13 Å². The molecule has 0 spiro atoms. The summed E-state index contributed by atoms with van der Waals surface area (Å²) in [5.41, 5.74) is 1.11. The van der Waals surface area contributed by atoms with Gasteiger partial charge in [-0.3, -0.25) is 0 Å². The summed E-state index contributed by atoms with van der Waals surface area (Å²) >= 11 is 0. The van der Waals surface area contributed by atoms with Crippen molar-refractivity contribution in [3.05, 3.63) is 71.8 Å². The van der Waals surface area contributed by atoms with Gasteiger partial charge in [-0.15, -0.1) is 0 Å². The van der Waals surface area contributed by atoms with Crippen molar-refractivity contribution in [3.8, 4) is 0 Å². The van der Waals surface area contributed by atoms with Gasteiger partial charge in [0.25, 0.3) is 0 Å². The minimum absolute atomic E-state index is 0.481. The Kier molecular flexibility index (Phi) is 3.97. The second-order valence-corrected chi connectivity index (χ2v) is 8.66. The van der Waals surface area contributed by atoms with Crippen molar-refractivity contribution in [2.75, 3.05) is 0 Å². The Bertz CT molecular complexity index is 1660. The summed E-state index contributed by atoms with van der Waals surface area (Å²) in [5, 5.41) is 4.76. The summed E-state index contributed by atoms with van der Waals surface area (Å²) in [5.74, 6) is 0. The number of halogens is 6. The second-order valence-electron chi connectivity index (χ2n) is 8.66. The van der Waals surface area contributed by atoms with E-state index in [2.05, 4.69) is 0 Å². The molecule has 0 radical (unpaired) electrons. The number of hydrogen-bond donors (Lipinski definition) is 0. The summed E-state index contributed by atoms with van der Waals surface area (Å²) < 4.78 is 82.9. The highest BCUT2D eigenvalue weighted by Crippen LogP contribution is 2.39. The van der Waals surface area contributed by atoms with Crippen LogP contribution in [0.4, 0.5) is 26.3 Å². The van der Waals surface area contributed by atoms with E-state index in [9.17, 15) is 26.3 Å². The molecular formula is C26H16F6N2. The van der Waals surface area contributed by atoms with E-state index in [0.29, 0.717) is 21.8 Å². The maximum Gasteiger partial charge on any atom is 0.416 e. The van der Waals surface area contributed by atoms with Crippen molar-refractivity contribution in [2.24, 2.45) is 14.1 Å². The van der Waals surface area contributed by atoms with Gasteiger partial charge in [0.1, 0.15) is 0 Å². The van der Waals surface area contributed by atoms with Gasteiger partial charge in [-0.2, -0.15) is 26.3 Å². The van der Waals surface area contributed by atoms with Gasteiger partial charge in [0.05, 0.1) is 11.1 Å². The molecule has 4 aromatic carbocycles. The number of benzene rings is 4. The van der Waals surface area contributed by atoms with Gasteiger partial charge < -0.3 is 9.13 Å². The van der Waals surface area contributed by atoms with Crippen LogP contribution in [-0.2, 0) is 26.4 Å². The molecule has 0 amide bonds. The van der Waals surface area contributed by atoms with Crippen molar-refractivity contribution in [1.29, 1.82) is 0 Å². The van der Waals surface area contributed by atoms with Crippen molar-refractivity contribution < 1.29 is 26.3 Å². The van der Waals surface area contributed by atoms with Gasteiger partial charge in [-0.1, -0.05) is 12.1 Å². The first kappa shape index (κ1) is 20.9. The SMILES string of the molecule is Cn1c2cc(C(F)(F)F)ccc2c2cc3cc4c(cc3cc21)c1ccc(C(F)(F)F)cc1n4C. The first-order valence-corrected chi connectivity index (χ1v) is 10.5. The number of fused-ring (bicyclic) bond motifs is 7. The van der Waals surface area contributed by atoms with Crippen LogP contribution in [0.1, 0.15) is 11.1 Å². The third-order valence-corrected chi connectivity index (χ3v) is 6.75. The van der Waals surface area contributed by atoms with Gasteiger partial charge in [0.15, 0.2) is 0 Å². The quantitative estimate of drug-likeness (QED) is 0.198. The Labute approximate surface area is 188 Å². The maximum atomic E-state index is 13.2. The molecule has 8 heteroatoms. The molecule has 2 heterocycles. The predicted molar refractivity (Wildman–Crippen MR) is 122 cm³/mol. The lowest BCUT2D eigenvalue weighted by atomic mass is 10.0. The van der Waals surface area contributed by atoms with E-state index >= 15 is 0 Å². The Hall–Kier alpha value is -3.68. The monoisotopic (exact) mass is 470 g/mol. The molecule has 0 saturated carbocycles.